The number of hydrogen-bond donors (Lipinski definition) is 2. The molecule has 2 atom stereocenters. The fraction of sp³-hybridized carbons (Fsp3) is 0.929. The number of amides is 1. The SMILES string of the molecule is CC1CCC(C(=O)NC2CCCCC2N)CC1. The van der Waals surface area contributed by atoms with Gasteiger partial charge in [-0.2, -0.15) is 0 Å². The summed E-state index contributed by atoms with van der Waals surface area (Å²) < 4.78 is 0. The molecule has 0 heterocycles. The molecule has 3 heteroatoms. The van der Waals surface area contributed by atoms with Gasteiger partial charge in [0.25, 0.3) is 0 Å². The fourth-order valence-electron chi connectivity index (χ4n) is 3.16. The Morgan fingerprint density at radius 3 is 2.35 bits per heavy atom. The van der Waals surface area contributed by atoms with Crippen molar-refractivity contribution >= 4 is 5.91 Å². The van der Waals surface area contributed by atoms with Crippen molar-refractivity contribution in [1.29, 1.82) is 0 Å². The van der Waals surface area contributed by atoms with Gasteiger partial charge in [0.05, 0.1) is 0 Å². The van der Waals surface area contributed by atoms with Gasteiger partial charge < -0.3 is 11.1 Å². The van der Waals surface area contributed by atoms with Gasteiger partial charge in [0, 0.05) is 18.0 Å². The zero-order valence-electron chi connectivity index (χ0n) is 11.0. The van der Waals surface area contributed by atoms with Gasteiger partial charge in [-0.05, 0) is 44.4 Å². The van der Waals surface area contributed by atoms with Crippen LogP contribution in [0, 0.1) is 11.8 Å². The van der Waals surface area contributed by atoms with Crippen LogP contribution < -0.4 is 11.1 Å². The largest absolute Gasteiger partial charge is 0.352 e. The molecule has 0 saturated heterocycles. The third-order valence-corrected chi connectivity index (χ3v) is 4.53. The molecule has 2 unspecified atom stereocenters. The maximum Gasteiger partial charge on any atom is 0.223 e. The van der Waals surface area contributed by atoms with Crippen molar-refractivity contribution in [2.24, 2.45) is 17.6 Å². The second kappa shape index (κ2) is 5.85. The van der Waals surface area contributed by atoms with E-state index in [0.717, 1.165) is 31.6 Å². The van der Waals surface area contributed by atoms with Crippen LogP contribution in [-0.2, 0) is 4.79 Å². The molecule has 3 N–H and O–H groups in total. The van der Waals surface area contributed by atoms with Crippen LogP contribution in [0.25, 0.3) is 0 Å². The Morgan fingerprint density at radius 2 is 1.71 bits per heavy atom. The second-order valence-corrected chi connectivity index (χ2v) is 6.02. The Balaban J connectivity index is 1.79. The lowest BCUT2D eigenvalue weighted by Gasteiger charge is -2.32. The van der Waals surface area contributed by atoms with Crippen LogP contribution in [0.4, 0.5) is 0 Å². The summed E-state index contributed by atoms with van der Waals surface area (Å²) in [5, 5.41) is 3.19. The van der Waals surface area contributed by atoms with E-state index >= 15 is 0 Å². The molecule has 0 radical (unpaired) electrons. The molecule has 0 aromatic carbocycles. The number of carbonyl (C=O) groups is 1. The van der Waals surface area contributed by atoms with Crippen LogP contribution in [0.5, 0.6) is 0 Å². The third kappa shape index (κ3) is 3.44. The van der Waals surface area contributed by atoms with Gasteiger partial charge in [0.2, 0.25) is 5.91 Å². The van der Waals surface area contributed by atoms with Gasteiger partial charge in [0.1, 0.15) is 0 Å². The van der Waals surface area contributed by atoms with Crippen LogP contribution in [0.2, 0.25) is 0 Å². The molecule has 2 fully saturated rings. The summed E-state index contributed by atoms with van der Waals surface area (Å²) in [6.45, 7) is 2.28. The molecule has 17 heavy (non-hydrogen) atoms. The van der Waals surface area contributed by atoms with Gasteiger partial charge in [0.15, 0.2) is 0 Å². The lowest BCUT2D eigenvalue weighted by molar-refractivity contribution is -0.127. The van der Waals surface area contributed by atoms with E-state index in [-0.39, 0.29) is 23.9 Å². The van der Waals surface area contributed by atoms with Gasteiger partial charge in [-0.3, -0.25) is 4.79 Å². The number of carbonyl (C=O) groups excluding carboxylic acids is 1. The molecule has 0 spiro atoms. The van der Waals surface area contributed by atoms with Crippen LogP contribution in [0.3, 0.4) is 0 Å². The third-order valence-electron chi connectivity index (χ3n) is 4.53. The normalized spacial score (nSPS) is 38.7. The summed E-state index contributed by atoms with van der Waals surface area (Å²) in [4.78, 5) is 12.2. The molecule has 2 aliphatic carbocycles. The highest BCUT2D eigenvalue weighted by Crippen LogP contribution is 2.28. The van der Waals surface area contributed by atoms with E-state index in [9.17, 15) is 4.79 Å². The number of rotatable bonds is 2. The zero-order chi connectivity index (χ0) is 12.3. The Bertz CT molecular complexity index is 259. The summed E-state index contributed by atoms with van der Waals surface area (Å²) >= 11 is 0. The number of nitrogens with one attached hydrogen (secondary N) is 1. The van der Waals surface area contributed by atoms with Gasteiger partial charge in [-0.15, -0.1) is 0 Å². The molecular weight excluding hydrogens is 212 g/mol. The van der Waals surface area contributed by atoms with E-state index in [0.29, 0.717) is 0 Å². The summed E-state index contributed by atoms with van der Waals surface area (Å²) in [6.07, 6.45) is 9.09. The molecular formula is C14H26N2O. The lowest BCUT2D eigenvalue weighted by Crippen LogP contribution is -2.51. The van der Waals surface area contributed by atoms with Gasteiger partial charge in [-0.25, -0.2) is 0 Å². The van der Waals surface area contributed by atoms with Crippen LogP contribution in [0.15, 0.2) is 0 Å². The van der Waals surface area contributed by atoms with Crippen molar-refractivity contribution < 1.29 is 4.79 Å². The van der Waals surface area contributed by atoms with E-state index < -0.39 is 0 Å². The highest BCUT2D eigenvalue weighted by atomic mass is 16.1. The number of nitrogens with two attached hydrogens (primary N) is 1. The Hall–Kier alpha value is -0.570. The predicted octanol–water partition coefficient (Wildman–Crippen LogP) is 2.20. The summed E-state index contributed by atoms with van der Waals surface area (Å²) in [5.41, 5.74) is 6.06. The summed E-state index contributed by atoms with van der Waals surface area (Å²) in [6, 6.07) is 0.408. The van der Waals surface area contributed by atoms with Crippen LogP contribution in [-0.4, -0.2) is 18.0 Å². The molecule has 2 rings (SSSR count). The monoisotopic (exact) mass is 238 g/mol. The maximum atomic E-state index is 12.2. The summed E-state index contributed by atoms with van der Waals surface area (Å²) in [7, 11) is 0. The second-order valence-electron chi connectivity index (χ2n) is 6.02. The molecule has 1 amide bonds. The van der Waals surface area contributed by atoms with E-state index in [4.69, 9.17) is 5.73 Å². The highest BCUT2D eigenvalue weighted by molar-refractivity contribution is 5.79. The molecule has 2 saturated carbocycles. The fourth-order valence-corrected chi connectivity index (χ4v) is 3.16. The standard InChI is InChI=1S/C14H26N2O/c1-10-6-8-11(9-7-10)14(17)16-13-5-3-2-4-12(13)15/h10-13H,2-9,15H2,1H3,(H,16,17). The molecule has 0 aliphatic heterocycles. The summed E-state index contributed by atoms with van der Waals surface area (Å²) in [5.74, 6) is 1.32. The smallest absolute Gasteiger partial charge is 0.223 e. The lowest BCUT2D eigenvalue weighted by atomic mass is 9.82. The van der Waals surface area contributed by atoms with E-state index in [2.05, 4.69) is 12.2 Å². The Morgan fingerprint density at radius 1 is 1.06 bits per heavy atom. The molecule has 2 aliphatic rings. The first-order valence-electron chi connectivity index (χ1n) is 7.22. The van der Waals surface area contributed by atoms with Crippen molar-refractivity contribution in [3.8, 4) is 0 Å². The average Bonchev–Trinajstić information content (AvgIpc) is 2.33. The van der Waals surface area contributed by atoms with E-state index in [1.165, 1.54) is 25.7 Å². The zero-order valence-corrected chi connectivity index (χ0v) is 11.0. The van der Waals surface area contributed by atoms with Crippen molar-refractivity contribution in [2.75, 3.05) is 0 Å². The Kier molecular flexibility index (Phi) is 4.43. The first kappa shape index (κ1) is 12.9. The van der Waals surface area contributed by atoms with Crippen molar-refractivity contribution in [2.45, 2.75) is 70.4 Å². The molecule has 0 aromatic rings. The van der Waals surface area contributed by atoms with Gasteiger partial charge in [-0.1, -0.05) is 19.8 Å². The minimum absolute atomic E-state index is 0.176. The first-order chi connectivity index (χ1) is 8.16. The predicted molar refractivity (Wildman–Crippen MR) is 69.5 cm³/mol. The van der Waals surface area contributed by atoms with E-state index in [1.54, 1.807) is 0 Å². The average molecular weight is 238 g/mol. The molecule has 3 nitrogen and oxygen atoms in total. The van der Waals surface area contributed by atoms with Crippen molar-refractivity contribution in [3.63, 3.8) is 0 Å². The van der Waals surface area contributed by atoms with Crippen LogP contribution in [0.1, 0.15) is 58.3 Å². The minimum atomic E-state index is 0.176. The van der Waals surface area contributed by atoms with Gasteiger partial charge >= 0.3 is 0 Å². The highest BCUT2D eigenvalue weighted by Gasteiger charge is 2.28. The maximum absolute atomic E-state index is 12.2. The number of hydrogen-bond acceptors (Lipinski definition) is 2. The topological polar surface area (TPSA) is 55.1 Å². The molecule has 0 aromatic heterocycles. The minimum Gasteiger partial charge on any atom is -0.352 e. The van der Waals surface area contributed by atoms with Crippen LogP contribution >= 0.6 is 0 Å². The molecule has 98 valence electrons. The quantitative estimate of drug-likeness (QED) is 0.775. The van der Waals surface area contributed by atoms with Crippen molar-refractivity contribution in [3.05, 3.63) is 0 Å². The first-order valence-corrected chi connectivity index (χ1v) is 7.22. The molecule has 0 bridgehead atoms. The van der Waals surface area contributed by atoms with Crippen molar-refractivity contribution in [1.82, 2.24) is 5.32 Å². The van der Waals surface area contributed by atoms with E-state index in [1.807, 2.05) is 0 Å². The Labute approximate surface area is 105 Å².